The van der Waals surface area contributed by atoms with Gasteiger partial charge in [-0.25, -0.2) is 9.37 Å². The summed E-state index contributed by atoms with van der Waals surface area (Å²) in [5.74, 6) is -2.35. The first-order valence-corrected chi connectivity index (χ1v) is 10.7. The number of ether oxygens (including phenoxy) is 1. The Morgan fingerprint density at radius 2 is 1.76 bits per heavy atom. The lowest BCUT2D eigenvalue weighted by Gasteiger charge is -2.23. The van der Waals surface area contributed by atoms with Crippen LogP contribution in [0.3, 0.4) is 0 Å². The maximum Gasteiger partial charge on any atom is 0.301 e. The van der Waals surface area contributed by atoms with E-state index in [4.69, 9.17) is 4.74 Å². The van der Waals surface area contributed by atoms with Gasteiger partial charge < -0.3 is 9.84 Å². The molecule has 168 valence electrons. The molecule has 1 saturated heterocycles. The molecule has 0 aliphatic carbocycles. The first-order valence-electron chi connectivity index (χ1n) is 9.92. The standard InChI is InChI=1S/C24H19FN2O5S/c1-12-22(13(2)28)33-24(26-12)27-19(14-4-8-16(25)9-5-14)18(21(30)23(27)31)20(29)15-6-10-17(32-3)11-7-15/h4-11,19,29H,1-3H3/t19-/m0/s1. The highest BCUT2D eigenvalue weighted by Gasteiger charge is 2.48. The third-order valence-electron chi connectivity index (χ3n) is 5.30. The van der Waals surface area contributed by atoms with Crippen LogP contribution in [0.5, 0.6) is 5.75 Å². The fourth-order valence-corrected chi connectivity index (χ4v) is 4.70. The fourth-order valence-electron chi connectivity index (χ4n) is 3.71. The monoisotopic (exact) mass is 466 g/mol. The number of carbonyl (C=O) groups excluding carboxylic acids is 3. The Bertz CT molecular complexity index is 1300. The number of aromatic nitrogens is 1. The van der Waals surface area contributed by atoms with Crippen molar-refractivity contribution in [3.8, 4) is 5.75 Å². The second-order valence-corrected chi connectivity index (χ2v) is 8.39. The van der Waals surface area contributed by atoms with Crippen molar-refractivity contribution in [1.82, 2.24) is 4.98 Å². The third kappa shape index (κ3) is 3.91. The Morgan fingerprint density at radius 3 is 2.30 bits per heavy atom. The van der Waals surface area contributed by atoms with Gasteiger partial charge in [0.05, 0.1) is 29.3 Å². The highest BCUT2D eigenvalue weighted by Crippen LogP contribution is 2.44. The van der Waals surface area contributed by atoms with Gasteiger partial charge in [-0.1, -0.05) is 23.5 Å². The molecule has 1 aliphatic heterocycles. The summed E-state index contributed by atoms with van der Waals surface area (Å²) in [7, 11) is 1.50. The maximum atomic E-state index is 13.6. The van der Waals surface area contributed by atoms with Gasteiger partial charge in [-0.3, -0.25) is 19.3 Å². The van der Waals surface area contributed by atoms with E-state index in [0.717, 1.165) is 16.2 Å². The number of amides is 1. The zero-order valence-corrected chi connectivity index (χ0v) is 18.8. The molecule has 9 heteroatoms. The van der Waals surface area contributed by atoms with Crippen LogP contribution in [-0.2, 0) is 9.59 Å². The minimum Gasteiger partial charge on any atom is -0.507 e. The number of rotatable bonds is 5. The maximum absolute atomic E-state index is 13.6. The molecule has 1 amide bonds. The second-order valence-electron chi connectivity index (χ2n) is 7.42. The minimum atomic E-state index is -1.06. The topological polar surface area (TPSA) is 96.8 Å². The first-order chi connectivity index (χ1) is 15.7. The van der Waals surface area contributed by atoms with E-state index in [1.165, 1.54) is 38.3 Å². The number of ketones is 2. The smallest absolute Gasteiger partial charge is 0.301 e. The molecule has 1 aliphatic rings. The molecule has 7 nitrogen and oxygen atoms in total. The molecule has 1 fully saturated rings. The van der Waals surface area contributed by atoms with Gasteiger partial charge in [0.1, 0.15) is 17.3 Å². The van der Waals surface area contributed by atoms with Crippen molar-refractivity contribution in [1.29, 1.82) is 0 Å². The van der Waals surface area contributed by atoms with Crippen LogP contribution >= 0.6 is 11.3 Å². The third-order valence-corrected chi connectivity index (χ3v) is 6.56. The summed E-state index contributed by atoms with van der Waals surface area (Å²) in [6.07, 6.45) is 0. The lowest BCUT2D eigenvalue weighted by atomic mass is 9.95. The zero-order chi connectivity index (χ0) is 23.9. The van der Waals surface area contributed by atoms with Crippen LogP contribution < -0.4 is 9.64 Å². The van der Waals surface area contributed by atoms with Gasteiger partial charge >= 0.3 is 5.91 Å². The molecule has 0 spiro atoms. The van der Waals surface area contributed by atoms with E-state index < -0.39 is 23.5 Å². The Balaban J connectivity index is 1.92. The van der Waals surface area contributed by atoms with Gasteiger partial charge in [0.25, 0.3) is 5.78 Å². The van der Waals surface area contributed by atoms with E-state index in [2.05, 4.69) is 4.98 Å². The minimum absolute atomic E-state index is 0.142. The van der Waals surface area contributed by atoms with Crippen molar-refractivity contribution in [2.45, 2.75) is 19.9 Å². The van der Waals surface area contributed by atoms with Crippen molar-refractivity contribution in [3.05, 3.63) is 81.6 Å². The van der Waals surface area contributed by atoms with E-state index >= 15 is 0 Å². The molecule has 2 heterocycles. The lowest BCUT2D eigenvalue weighted by molar-refractivity contribution is -0.132. The second kappa shape index (κ2) is 8.59. The summed E-state index contributed by atoms with van der Waals surface area (Å²) in [5.41, 5.74) is 0.981. The molecular formula is C24H19FN2O5S. The molecule has 1 aromatic heterocycles. The van der Waals surface area contributed by atoms with Crippen molar-refractivity contribution < 1.29 is 28.6 Å². The average molecular weight is 466 g/mol. The zero-order valence-electron chi connectivity index (χ0n) is 18.0. The average Bonchev–Trinajstić information content (AvgIpc) is 3.31. The molecule has 33 heavy (non-hydrogen) atoms. The van der Waals surface area contributed by atoms with Gasteiger partial charge in [0.2, 0.25) is 0 Å². The molecule has 3 aromatic rings. The van der Waals surface area contributed by atoms with Crippen molar-refractivity contribution in [2.75, 3.05) is 12.0 Å². The molecule has 0 bridgehead atoms. The molecule has 1 N–H and O–H groups in total. The number of carbonyl (C=O) groups is 3. The van der Waals surface area contributed by atoms with Crippen molar-refractivity contribution >= 4 is 39.7 Å². The highest BCUT2D eigenvalue weighted by atomic mass is 32.1. The summed E-state index contributed by atoms with van der Waals surface area (Å²) < 4.78 is 18.7. The molecule has 0 saturated carbocycles. The van der Waals surface area contributed by atoms with E-state index in [1.54, 1.807) is 31.2 Å². The molecular weight excluding hydrogens is 447 g/mol. The van der Waals surface area contributed by atoms with Crippen LogP contribution in [0.1, 0.15) is 39.5 Å². The number of methoxy groups -OCH3 is 1. The molecule has 2 aromatic carbocycles. The SMILES string of the molecule is COc1ccc(C(O)=C2C(=O)C(=O)N(c3nc(C)c(C(C)=O)s3)[C@H]2c2ccc(F)cc2)cc1. The predicted molar refractivity (Wildman–Crippen MR) is 121 cm³/mol. The van der Waals surface area contributed by atoms with Crippen LogP contribution in [0.25, 0.3) is 5.76 Å². The van der Waals surface area contributed by atoms with Crippen molar-refractivity contribution in [3.63, 3.8) is 0 Å². The van der Waals surface area contributed by atoms with Crippen LogP contribution in [0.2, 0.25) is 0 Å². The normalized spacial score (nSPS) is 17.5. The number of Topliss-reactive ketones (excluding diaryl/α,β-unsaturated/α-hetero) is 2. The van der Waals surface area contributed by atoms with Crippen LogP contribution in [0, 0.1) is 12.7 Å². The van der Waals surface area contributed by atoms with Gasteiger partial charge in [0.15, 0.2) is 10.9 Å². The Labute approximate surface area is 192 Å². The van der Waals surface area contributed by atoms with Gasteiger partial charge in [-0.05, 0) is 48.9 Å². The number of aliphatic hydroxyl groups is 1. The number of hydrogen-bond acceptors (Lipinski definition) is 7. The van der Waals surface area contributed by atoms with E-state index in [-0.39, 0.29) is 22.2 Å². The summed E-state index contributed by atoms with van der Waals surface area (Å²) in [4.78, 5) is 44.0. The molecule has 0 unspecified atom stereocenters. The molecule has 1 atom stereocenters. The van der Waals surface area contributed by atoms with Crippen LogP contribution in [-0.4, -0.2) is 34.7 Å². The van der Waals surface area contributed by atoms with Gasteiger partial charge in [0, 0.05) is 12.5 Å². The number of hydrogen-bond donors (Lipinski definition) is 1. The summed E-state index contributed by atoms with van der Waals surface area (Å²) in [5, 5.41) is 11.2. The van der Waals surface area contributed by atoms with Crippen LogP contribution in [0.15, 0.2) is 54.1 Å². The number of aliphatic hydroxyl groups excluding tert-OH is 1. The van der Waals surface area contributed by atoms with Crippen molar-refractivity contribution in [2.24, 2.45) is 0 Å². The Morgan fingerprint density at radius 1 is 1.12 bits per heavy atom. The Hall–Kier alpha value is -3.85. The van der Waals surface area contributed by atoms with Gasteiger partial charge in [-0.15, -0.1) is 0 Å². The van der Waals surface area contributed by atoms with E-state index in [1.807, 2.05) is 0 Å². The lowest BCUT2D eigenvalue weighted by Crippen LogP contribution is -2.29. The van der Waals surface area contributed by atoms with Gasteiger partial charge in [-0.2, -0.15) is 0 Å². The van der Waals surface area contributed by atoms with Crippen LogP contribution in [0.4, 0.5) is 9.52 Å². The first kappa shape index (κ1) is 22.3. The summed E-state index contributed by atoms with van der Waals surface area (Å²) in [6, 6.07) is 10.6. The number of thiazole rings is 1. The highest BCUT2D eigenvalue weighted by molar-refractivity contribution is 7.18. The predicted octanol–water partition coefficient (Wildman–Crippen LogP) is 4.43. The molecule has 4 rings (SSSR count). The number of halogens is 1. The van der Waals surface area contributed by atoms with E-state index in [0.29, 0.717) is 27.4 Å². The van der Waals surface area contributed by atoms with E-state index in [9.17, 15) is 23.9 Å². The number of benzene rings is 2. The fraction of sp³-hybridized carbons (Fsp3) is 0.167. The Kier molecular flexibility index (Phi) is 5.82. The quantitative estimate of drug-likeness (QED) is 0.259. The largest absolute Gasteiger partial charge is 0.507 e. The number of anilines is 1. The molecule has 0 radical (unpaired) electrons. The number of aryl methyl sites for hydroxylation is 1. The summed E-state index contributed by atoms with van der Waals surface area (Å²) in [6.45, 7) is 3.02. The summed E-state index contributed by atoms with van der Waals surface area (Å²) >= 11 is 0.984. The number of nitrogens with zero attached hydrogens (tertiary/aromatic N) is 2.